The summed E-state index contributed by atoms with van der Waals surface area (Å²) in [6, 6.07) is 10.8. The number of anilines is 1. The number of carbonyl (C=O) groups excluding carboxylic acids is 1. The number of hydrogen-bond donors (Lipinski definition) is 1. The summed E-state index contributed by atoms with van der Waals surface area (Å²) in [5.74, 6) is -2.09. The standard InChI is InChI=1S/C31H35F4N5O3/c1-38-9-11-40(12-10-38)26-7-5-20(22-14-19(4-6-25(22)32)17-39(2)21-8-13-43-18-21)15-23(26)29-28(30(36)41)24(31(33,34)35)16-27(37-29)42-3/h4-7,14-16,21H,8-13,17-18H2,1-3H3,(H2,36,41). The van der Waals surface area contributed by atoms with E-state index in [4.69, 9.17) is 15.2 Å². The van der Waals surface area contributed by atoms with Crippen molar-refractivity contribution in [3.8, 4) is 28.3 Å². The summed E-state index contributed by atoms with van der Waals surface area (Å²) in [6.45, 7) is 4.52. The number of benzene rings is 2. The van der Waals surface area contributed by atoms with Crippen molar-refractivity contribution in [2.24, 2.45) is 5.73 Å². The molecule has 43 heavy (non-hydrogen) atoms. The van der Waals surface area contributed by atoms with Crippen molar-refractivity contribution in [3.05, 3.63) is 65.0 Å². The van der Waals surface area contributed by atoms with Crippen LogP contribution >= 0.6 is 0 Å². The highest BCUT2D eigenvalue weighted by atomic mass is 19.4. The fourth-order valence-electron chi connectivity index (χ4n) is 5.69. The molecule has 230 valence electrons. The predicted octanol–water partition coefficient (Wildman–Crippen LogP) is 4.65. The highest BCUT2D eigenvalue weighted by Gasteiger charge is 2.38. The number of primary amides is 1. The van der Waals surface area contributed by atoms with Crippen molar-refractivity contribution in [1.29, 1.82) is 0 Å². The van der Waals surface area contributed by atoms with E-state index in [0.29, 0.717) is 50.2 Å². The number of aromatic nitrogens is 1. The van der Waals surface area contributed by atoms with Crippen LogP contribution in [-0.4, -0.2) is 87.3 Å². The first-order chi connectivity index (χ1) is 20.5. The van der Waals surface area contributed by atoms with Gasteiger partial charge in [0.15, 0.2) is 0 Å². The molecule has 8 nitrogen and oxygen atoms in total. The van der Waals surface area contributed by atoms with Crippen molar-refractivity contribution in [3.63, 3.8) is 0 Å². The number of pyridine rings is 1. The Hall–Kier alpha value is -3.74. The van der Waals surface area contributed by atoms with Crippen LogP contribution in [0.1, 0.15) is 27.9 Å². The van der Waals surface area contributed by atoms with E-state index in [1.807, 2.05) is 19.0 Å². The summed E-state index contributed by atoms with van der Waals surface area (Å²) in [5.41, 5.74) is 5.64. The van der Waals surface area contributed by atoms with Crippen LogP contribution in [0.5, 0.6) is 5.88 Å². The molecule has 2 aliphatic heterocycles. The number of alkyl halides is 3. The molecule has 12 heteroatoms. The summed E-state index contributed by atoms with van der Waals surface area (Å²) in [6.07, 6.45) is -3.99. The van der Waals surface area contributed by atoms with Gasteiger partial charge in [-0.15, -0.1) is 0 Å². The molecule has 1 amide bonds. The zero-order valence-electron chi connectivity index (χ0n) is 24.4. The highest BCUT2D eigenvalue weighted by molar-refractivity contribution is 6.02. The highest BCUT2D eigenvalue weighted by Crippen LogP contribution is 2.42. The van der Waals surface area contributed by atoms with E-state index in [-0.39, 0.29) is 28.7 Å². The van der Waals surface area contributed by atoms with Crippen molar-refractivity contribution in [2.75, 3.05) is 65.5 Å². The summed E-state index contributed by atoms with van der Waals surface area (Å²) >= 11 is 0. The number of hydrogen-bond acceptors (Lipinski definition) is 7. The van der Waals surface area contributed by atoms with Crippen LogP contribution in [0.2, 0.25) is 0 Å². The van der Waals surface area contributed by atoms with Crippen LogP contribution in [0, 0.1) is 5.82 Å². The van der Waals surface area contributed by atoms with Crippen molar-refractivity contribution >= 4 is 11.6 Å². The molecule has 0 bridgehead atoms. The molecule has 2 aliphatic rings. The lowest BCUT2D eigenvalue weighted by molar-refractivity contribution is -0.138. The quantitative estimate of drug-likeness (QED) is 0.377. The number of methoxy groups -OCH3 is 1. The molecule has 3 heterocycles. The van der Waals surface area contributed by atoms with Crippen LogP contribution in [0.4, 0.5) is 23.2 Å². The minimum Gasteiger partial charge on any atom is -0.481 e. The molecule has 0 saturated carbocycles. The third-order valence-corrected chi connectivity index (χ3v) is 8.16. The van der Waals surface area contributed by atoms with Crippen LogP contribution < -0.4 is 15.4 Å². The van der Waals surface area contributed by atoms with Gasteiger partial charge < -0.3 is 25.0 Å². The molecule has 1 atom stereocenters. The van der Waals surface area contributed by atoms with E-state index in [1.165, 1.54) is 13.2 Å². The normalized spacial score (nSPS) is 18.0. The monoisotopic (exact) mass is 601 g/mol. The van der Waals surface area contributed by atoms with Gasteiger partial charge in [0.2, 0.25) is 5.88 Å². The maximum absolute atomic E-state index is 15.4. The predicted molar refractivity (Wildman–Crippen MR) is 156 cm³/mol. The van der Waals surface area contributed by atoms with E-state index in [2.05, 4.69) is 14.8 Å². The second kappa shape index (κ2) is 12.5. The van der Waals surface area contributed by atoms with Gasteiger partial charge in [-0.05, 0) is 55.9 Å². The number of amides is 1. The lowest BCUT2D eigenvalue weighted by atomic mass is 9.93. The molecular formula is C31H35F4N5O3. The summed E-state index contributed by atoms with van der Waals surface area (Å²) in [4.78, 5) is 23.2. The Balaban J connectivity index is 1.67. The van der Waals surface area contributed by atoms with Gasteiger partial charge in [0.25, 0.3) is 5.91 Å². The minimum atomic E-state index is -4.90. The fraction of sp³-hybridized carbons (Fsp3) is 0.419. The summed E-state index contributed by atoms with van der Waals surface area (Å²) < 4.78 is 68.6. The van der Waals surface area contributed by atoms with Crippen molar-refractivity contribution in [1.82, 2.24) is 14.8 Å². The molecule has 1 aromatic heterocycles. The Morgan fingerprint density at radius 3 is 2.49 bits per heavy atom. The number of piperazine rings is 1. The number of likely N-dealkylation sites (N-methyl/N-ethyl adjacent to an activating group) is 2. The van der Waals surface area contributed by atoms with Gasteiger partial charge in [0, 0.05) is 68.3 Å². The maximum Gasteiger partial charge on any atom is 0.417 e. The first-order valence-corrected chi connectivity index (χ1v) is 14.1. The van der Waals surface area contributed by atoms with E-state index >= 15 is 4.39 Å². The van der Waals surface area contributed by atoms with Crippen LogP contribution in [0.15, 0.2) is 42.5 Å². The number of nitrogens with zero attached hydrogens (tertiary/aromatic N) is 4. The Morgan fingerprint density at radius 1 is 1.12 bits per heavy atom. The molecule has 5 rings (SSSR count). The molecule has 2 saturated heterocycles. The molecule has 2 fully saturated rings. The molecule has 2 N–H and O–H groups in total. The SMILES string of the molecule is COc1cc(C(F)(F)F)c(C(N)=O)c(-c2cc(-c3cc(CN(C)C4CCOC4)ccc3F)ccc2N2CCN(C)CC2)n1. The third-order valence-electron chi connectivity index (χ3n) is 8.16. The third kappa shape index (κ3) is 6.61. The molecule has 3 aromatic rings. The Morgan fingerprint density at radius 2 is 1.86 bits per heavy atom. The molecule has 2 aromatic carbocycles. The van der Waals surface area contributed by atoms with Crippen LogP contribution in [0.3, 0.4) is 0 Å². The molecule has 1 unspecified atom stereocenters. The van der Waals surface area contributed by atoms with E-state index in [9.17, 15) is 18.0 Å². The van der Waals surface area contributed by atoms with Crippen LogP contribution in [-0.2, 0) is 17.5 Å². The number of halogens is 4. The molecular weight excluding hydrogens is 566 g/mol. The van der Waals surface area contributed by atoms with E-state index in [1.54, 1.807) is 30.3 Å². The zero-order chi connectivity index (χ0) is 30.9. The molecule has 0 spiro atoms. The Kier molecular flexibility index (Phi) is 8.91. The second-order valence-corrected chi connectivity index (χ2v) is 11.1. The number of ether oxygens (including phenoxy) is 2. The van der Waals surface area contributed by atoms with Crippen molar-refractivity contribution in [2.45, 2.75) is 25.2 Å². The lowest BCUT2D eigenvalue weighted by Crippen LogP contribution is -2.44. The Bertz CT molecular complexity index is 1480. The zero-order valence-corrected chi connectivity index (χ0v) is 24.4. The average Bonchev–Trinajstić information content (AvgIpc) is 3.53. The van der Waals surface area contributed by atoms with Gasteiger partial charge in [-0.1, -0.05) is 12.1 Å². The number of rotatable bonds is 8. The molecule has 0 radical (unpaired) electrons. The summed E-state index contributed by atoms with van der Waals surface area (Å²) in [7, 11) is 5.17. The van der Waals surface area contributed by atoms with Crippen molar-refractivity contribution < 1.29 is 31.8 Å². The van der Waals surface area contributed by atoms with Gasteiger partial charge >= 0.3 is 6.18 Å². The minimum absolute atomic E-state index is 0.227. The topological polar surface area (TPSA) is 84.2 Å². The summed E-state index contributed by atoms with van der Waals surface area (Å²) in [5, 5.41) is 0. The van der Waals surface area contributed by atoms with Gasteiger partial charge in [-0.25, -0.2) is 9.37 Å². The van der Waals surface area contributed by atoms with Crippen LogP contribution in [0.25, 0.3) is 22.4 Å². The Labute approximate surface area is 248 Å². The van der Waals surface area contributed by atoms with Gasteiger partial charge in [-0.3, -0.25) is 9.69 Å². The van der Waals surface area contributed by atoms with E-state index in [0.717, 1.165) is 25.1 Å². The first kappa shape index (κ1) is 30.7. The fourth-order valence-corrected chi connectivity index (χ4v) is 5.69. The van der Waals surface area contributed by atoms with Gasteiger partial charge in [-0.2, -0.15) is 13.2 Å². The van der Waals surface area contributed by atoms with E-state index < -0.39 is 29.0 Å². The molecule has 0 aliphatic carbocycles. The second-order valence-electron chi connectivity index (χ2n) is 11.1. The lowest BCUT2D eigenvalue weighted by Gasteiger charge is -2.35. The maximum atomic E-state index is 15.4. The van der Waals surface area contributed by atoms with Gasteiger partial charge in [0.1, 0.15) is 5.82 Å². The smallest absolute Gasteiger partial charge is 0.417 e. The first-order valence-electron chi connectivity index (χ1n) is 14.1. The van der Waals surface area contributed by atoms with Gasteiger partial charge in [0.05, 0.1) is 30.5 Å². The largest absolute Gasteiger partial charge is 0.481 e. The number of carbonyl (C=O) groups is 1. The average molecular weight is 602 g/mol. The number of nitrogens with two attached hydrogens (primary N) is 1.